The van der Waals surface area contributed by atoms with Crippen molar-refractivity contribution in [2.45, 2.75) is 23.9 Å². The monoisotopic (exact) mass is 692 g/mol. The molecular weight excluding hydrogens is 660 g/mol. The normalized spacial score (nSPS) is 14.7. The van der Waals surface area contributed by atoms with E-state index in [1.54, 1.807) is 46.2 Å². The zero-order valence-corrected chi connectivity index (χ0v) is 26.7. The number of benzene rings is 4. The summed E-state index contributed by atoms with van der Waals surface area (Å²) in [6, 6.07) is 25.2. The molecule has 1 fully saturated rings. The molecule has 11 nitrogen and oxygen atoms in total. The standard InChI is InChI=1S/C32H33BrN6O5S/c33-27-11-8-22(9-12-27)21-35-32(41)39-16-14-38(15-17-39)31(40)29(19-23-4-3-7-26(18-23)30(34)36-42)37-45(43,44)28-13-10-24-5-1-2-6-25(24)20-28/h1-13,18,20,29,37,42H,14-17,19,21H2,(H2,34,36)(H,35,41). The minimum absolute atomic E-state index is 0.0199. The number of oxime groups is 1. The Morgan fingerprint density at radius 1 is 0.867 bits per heavy atom. The van der Waals surface area contributed by atoms with Gasteiger partial charge in [0.15, 0.2) is 5.84 Å². The van der Waals surface area contributed by atoms with Gasteiger partial charge in [0.1, 0.15) is 6.04 Å². The van der Waals surface area contributed by atoms with E-state index >= 15 is 0 Å². The van der Waals surface area contributed by atoms with Crippen molar-refractivity contribution < 1.29 is 23.2 Å². The van der Waals surface area contributed by atoms with Crippen molar-refractivity contribution in [1.82, 2.24) is 19.8 Å². The zero-order valence-electron chi connectivity index (χ0n) is 24.3. The molecule has 234 valence electrons. The third-order valence-corrected chi connectivity index (χ3v) is 9.63. The van der Waals surface area contributed by atoms with Crippen LogP contribution in [0.2, 0.25) is 0 Å². The van der Waals surface area contributed by atoms with Gasteiger partial charge in [0.05, 0.1) is 4.90 Å². The fourth-order valence-electron chi connectivity index (χ4n) is 5.16. The highest BCUT2D eigenvalue weighted by Crippen LogP contribution is 2.20. The summed E-state index contributed by atoms with van der Waals surface area (Å²) in [6.45, 7) is 1.43. The number of rotatable bonds is 9. The first kappa shape index (κ1) is 31.9. The number of amides is 3. The Kier molecular flexibility index (Phi) is 10.0. The first-order chi connectivity index (χ1) is 21.6. The molecule has 1 saturated heterocycles. The minimum Gasteiger partial charge on any atom is -0.409 e. The molecule has 0 bridgehead atoms. The lowest BCUT2D eigenvalue weighted by atomic mass is 10.0. The molecule has 5 rings (SSSR count). The number of nitrogens with one attached hydrogen (secondary N) is 2. The van der Waals surface area contributed by atoms with Crippen LogP contribution in [0.5, 0.6) is 0 Å². The number of amidine groups is 1. The summed E-state index contributed by atoms with van der Waals surface area (Å²) in [7, 11) is -4.11. The van der Waals surface area contributed by atoms with Crippen LogP contribution < -0.4 is 15.8 Å². The maximum atomic E-state index is 13.9. The molecule has 5 N–H and O–H groups in total. The maximum Gasteiger partial charge on any atom is 0.317 e. The van der Waals surface area contributed by atoms with Gasteiger partial charge in [-0.25, -0.2) is 13.2 Å². The highest BCUT2D eigenvalue weighted by molar-refractivity contribution is 9.10. The molecular formula is C32H33BrN6O5S. The van der Waals surface area contributed by atoms with E-state index in [-0.39, 0.29) is 36.3 Å². The van der Waals surface area contributed by atoms with Crippen molar-refractivity contribution in [3.63, 3.8) is 0 Å². The first-order valence-electron chi connectivity index (χ1n) is 14.3. The van der Waals surface area contributed by atoms with Crippen LogP contribution in [0.1, 0.15) is 16.7 Å². The number of fused-ring (bicyclic) bond motifs is 1. The quantitative estimate of drug-likeness (QED) is 0.0908. The molecule has 4 aromatic rings. The number of nitrogens with zero attached hydrogens (tertiary/aromatic N) is 3. The van der Waals surface area contributed by atoms with Crippen molar-refractivity contribution in [3.05, 3.63) is 112 Å². The van der Waals surface area contributed by atoms with Crippen LogP contribution in [0.15, 0.2) is 106 Å². The topological polar surface area (TPSA) is 157 Å². The second-order valence-corrected chi connectivity index (χ2v) is 13.3. The summed E-state index contributed by atoms with van der Waals surface area (Å²) in [5.74, 6) is -0.519. The number of nitrogens with two attached hydrogens (primary N) is 1. The summed E-state index contributed by atoms with van der Waals surface area (Å²) >= 11 is 3.40. The van der Waals surface area contributed by atoms with Crippen LogP contribution in [-0.4, -0.2) is 73.4 Å². The molecule has 1 heterocycles. The van der Waals surface area contributed by atoms with Crippen LogP contribution in [-0.2, 0) is 27.8 Å². The number of piperazine rings is 1. The molecule has 13 heteroatoms. The number of hydrogen-bond donors (Lipinski definition) is 4. The van der Waals surface area contributed by atoms with Gasteiger partial charge in [-0.05, 0) is 58.7 Å². The molecule has 45 heavy (non-hydrogen) atoms. The summed E-state index contributed by atoms with van der Waals surface area (Å²) in [6.07, 6.45) is 0.0199. The molecule has 4 aromatic carbocycles. The lowest BCUT2D eigenvalue weighted by Gasteiger charge is -2.36. The van der Waals surface area contributed by atoms with E-state index in [1.165, 1.54) is 6.07 Å². The summed E-state index contributed by atoms with van der Waals surface area (Å²) < 4.78 is 30.8. The number of carbonyl (C=O) groups excluding carboxylic acids is 2. The molecule has 0 saturated carbocycles. The molecule has 1 atom stereocenters. The van der Waals surface area contributed by atoms with Gasteiger partial charge in [0.25, 0.3) is 0 Å². The van der Waals surface area contributed by atoms with Crippen LogP contribution >= 0.6 is 15.9 Å². The smallest absolute Gasteiger partial charge is 0.317 e. The van der Waals surface area contributed by atoms with Crippen molar-refractivity contribution >= 4 is 54.5 Å². The molecule has 1 aliphatic rings. The number of hydrogen-bond acceptors (Lipinski definition) is 6. The average molecular weight is 694 g/mol. The van der Waals surface area contributed by atoms with Crippen molar-refractivity contribution in [3.8, 4) is 0 Å². The first-order valence-corrected chi connectivity index (χ1v) is 16.5. The molecule has 0 spiro atoms. The Labute approximate surface area is 269 Å². The second-order valence-electron chi connectivity index (χ2n) is 10.7. The molecule has 0 aliphatic carbocycles. The largest absolute Gasteiger partial charge is 0.409 e. The molecule has 0 radical (unpaired) electrons. The van der Waals surface area contributed by atoms with E-state index < -0.39 is 22.0 Å². The molecule has 1 aliphatic heterocycles. The number of carbonyl (C=O) groups is 2. The van der Waals surface area contributed by atoms with Crippen LogP contribution in [0, 0.1) is 0 Å². The van der Waals surface area contributed by atoms with E-state index in [2.05, 4.69) is 31.1 Å². The van der Waals surface area contributed by atoms with Gasteiger partial charge < -0.3 is 26.1 Å². The van der Waals surface area contributed by atoms with Crippen molar-refractivity contribution in [1.29, 1.82) is 0 Å². The van der Waals surface area contributed by atoms with Crippen LogP contribution in [0.3, 0.4) is 0 Å². The average Bonchev–Trinajstić information content (AvgIpc) is 3.06. The van der Waals surface area contributed by atoms with Crippen LogP contribution in [0.25, 0.3) is 10.8 Å². The predicted molar refractivity (Wildman–Crippen MR) is 175 cm³/mol. The van der Waals surface area contributed by atoms with Gasteiger partial charge in [-0.3, -0.25) is 4.79 Å². The van der Waals surface area contributed by atoms with E-state index in [1.807, 2.05) is 48.5 Å². The molecule has 3 amide bonds. The Morgan fingerprint density at radius 2 is 1.56 bits per heavy atom. The third kappa shape index (κ3) is 7.98. The number of urea groups is 1. The van der Waals surface area contributed by atoms with Gasteiger partial charge in [-0.15, -0.1) is 0 Å². The summed E-state index contributed by atoms with van der Waals surface area (Å²) in [5, 5.41) is 16.7. The maximum absolute atomic E-state index is 13.9. The SMILES string of the molecule is NC(=NO)c1cccc(CC(NS(=O)(=O)c2ccc3ccccc3c2)C(=O)N2CCN(C(=O)NCc3ccc(Br)cc3)CC2)c1. The van der Waals surface area contributed by atoms with Gasteiger partial charge >= 0.3 is 6.03 Å². The van der Waals surface area contributed by atoms with E-state index in [0.29, 0.717) is 30.8 Å². The Hall–Kier alpha value is -4.46. The Balaban J connectivity index is 1.31. The summed E-state index contributed by atoms with van der Waals surface area (Å²) in [4.78, 5) is 30.0. The fourth-order valence-corrected chi connectivity index (χ4v) is 6.65. The third-order valence-electron chi connectivity index (χ3n) is 7.63. The van der Waals surface area contributed by atoms with Gasteiger partial charge in [0, 0.05) is 42.8 Å². The van der Waals surface area contributed by atoms with Gasteiger partial charge in [-0.1, -0.05) is 81.7 Å². The van der Waals surface area contributed by atoms with E-state index in [4.69, 9.17) is 10.9 Å². The number of halogens is 1. The van der Waals surface area contributed by atoms with Crippen LogP contribution in [0.4, 0.5) is 4.79 Å². The predicted octanol–water partition coefficient (Wildman–Crippen LogP) is 3.64. The summed E-state index contributed by atoms with van der Waals surface area (Å²) in [5.41, 5.74) is 7.77. The molecule has 1 unspecified atom stereocenters. The van der Waals surface area contributed by atoms with Gasteiger partial charge in [-0.2, -0.15) is 4.72 Å². The lowest BCUT2D eigenvalue weighted by Crippen LogP contribution is -2.57. The zero-order chi connectivity index (χ0) is 32.0. The van der Waals surface area contributed by atoms with Crippen molar-refractivity contribution in [2.75, 3.05) is 26.2 Å². The van der Waals surface area contributed by atoms with Gasteiger partial charge in [0.2, 0.25) is 15.9 Å². The minimum atomic E-state index is -4.11. The lowest BCUT2D eigenvalue weighted by molar-refractivity contribution is -0.134. The van der Waals surface area contributed by atoms with Crippen molar-refractivity contribution in [2.24, 2.45) is 10.9 Å². The second kappa shape index (κ2) is 14.1. The number of sulfonamides is 1. The molecule has 0 aromatic heterocycles. The van der Waals surface area contributed by atoms with E-state index in [9.17, 15) is 18.0 Å². The van der Waals surface area contributed by atoms with E-state index in [0.717, 1.165) is 20.8 Å². The highest BCUT2D eigenvalue weighted by atomic mass is 79.9. The Bertz CT molecular complexity index is 1830. The Morgan fingerprint density at radius 3 is 2.27 bits per heavy atom. The highest BCUT2D eigenvalue weighted by Gasteiger charge is 2.32. The fraction of sp³-hybridized carbons (Fsp3) is 0.219.